The van der Waals surface area contributed by atoms with Crippen molar-refractivity contribution < 1.29 is 28.7 Å². The second-order valence-electron chi connectivity index (χ2n) is 5.33. The maximum atomic E-state index is 12.1. The molecule has 0 fully saturated rings. The minimum absolute atomic E-state index is 0.133. The summed E-state index contributed by atoms with van der Waals surface area (Å²) in [4.78, 5) is 47.8. The first-order valence-corrected chi connectivity index (χ1v) is 8.90. The van der Waals surface area contributed by atoms with Crippen LogP contribution in [0.5, 0.6) is 0 Å². The number of hydrogen-bond donors (Lipinski definition) is 2. The summed E-state index contributed by atoms with van der Waals surface area (Å²) in [5.41, 5.74) is 0. The number of esters is 2. The summed E-state index contributed by atoms with van der Waals surface area (Å²) in [6.07, 6.45) is 1.01. The van der Waals surface area contributed by atoms with Crippen LogP contribution in [0.2, 0.25) is 0 Å². The quantitative estimate of drug-likeness (QED) is 0.459. The van der Waals surface area contributed by atoms with Gasteiger partial charge in [0.15, 0.2) is 12.2 Å². The normalized spacial score (nSPS) is 12.2. The fourth-order valence-corrected chi connectivity index (χ4v) is 2.51. The minimum Gasteiger partial charge on any atom is -0.448 e. The topological polar surface area (TPSA) is 111 Å². The van der Waals surface area contributed by atoms with E-state index in [2.05, 4.69) is 23.8 Å². The number of ether oxygens (including phenoxy) is 2. The van der Waals surface area contributed by atoms with Gasteiger partial charge in [0.1, 0.15) is 9.75 Å². The van der Waals surface area contributed by atoms with E-state index in [4.69, 9.17) is 9.47 Å². The Hall–Kier alpha value is -2.94. The zero-order chi connectivity index (χ0) is 20.4. The Morgan fingerprint density at radius 1 is 0.926 bits per heavy atom. The number of carbonyl (C=O) groups is 4. The molecule has 27 heavy (non-hydrogen) atoms. The summed E-state index contributed by atoms with van der Waals surface area (Å²) < 4.78 is 10.1. The first-order valence-electron chi connectivity index (χ1n) is 8.09. The SMILES string of the molecule is C=CCNC(=O)[C@@H](C)OC(=O)c1ccc(C(=O)O[C@H](C)C(=O)NCC=C)s1. The molecule has 2 amide bonds. The molecule has 1 aromatic rings. The van der Waals surface area contributed by atoms with Crippen molar-refractivity contribution in [3.63, 3.8) is 0 Å². The van der Waals surface area contributed by atoms with E-state index in [0.29, 0.717) is 0 Å². The highest BCUT2D eigenvalue weighted by atomic mass is 32.1. The van der Waals surface area contributed by atoms with E-state index in [0.717, 1.165) is 11.3 Å². The molecule has 146 valence electrons. The van der Waals surface area contributed by atoms with Crippen molar-refractivity contribution in [1.82, 2.24) is 10.6 Å². The molecule has 2 N–H and O–H groups in total. The van der Waals surface area contributed by atoms with Gasteiger partial charge in [0.05, 0.1) is 0 Å². The Balaban J connectivity index is 2.63. The van der Waals surface area contributed by atoms with Crippen LogP contribution in [0.4, 0.5) is 0 Å². The monoisotopic (exact) mass is 394 g/mol. The standard InChI is InChI=1S/C18H22N2O6S/c1-5-9-19-15(21)11(3)25-17(23)13-7-8-14(27-13)18(24)26-12(4)16(22)20-10-6-2/h5-8,11-12H,1-2,9-10H2,3-4H3,(H,19,21)(H,20,22)/t11-,12-/m1/s1. The van der Waals surface area contributed by atoms with E-state index < -0.39 is 36.0 Å². The molecule has 1 heterocycles. The molecule has 0 bridgehead atoms. The van der Waals surface area contributed by atoms with Gasteiger partial charge < -0.3 is 20.1 Å². The van der Waals surface area contributed by atoms with Crippen molar-refractivity contribution in [2.24, 2.45) is 0 Å². The van der Waals surface area contributed by atoms with Crippen LogP contribution in [-0.2, 0) is 19.1 Å². The molecule has 0 saturated heterocycles. The summed E-state index contributed by atoms with van der Waals surface area (Å²) in [7, 11) is 0. The third-order valence-electron chi connectivity index (χ3n) is 3.16. The van der Waals surface area contributed by atoms with E-state index in [1.54, 1.807) is 0 Å². The Labute approximate surface area is 161 Å². The first-order chi connectivity index (χ1) is 12.8. The van der Waals surface area contributed by atoms with Crippen LogP contribution in [0.25, 0.3) is 0 Å². The van der Waals surface area contributed by atoms with Crippen molar-refractivity contribution in [1.29, 1.82) is 0 Å². The summed E-state index contributed by atoms with van der Waals surface area (Å²) in [5.74, 6) is -2.40. The van der Waals surface area contributed by atoms with Gasteiger partial charge in [-0.05, 0) is 26.0 Å². The van der Waals surface area contributed by atoms with Crippen LogP contribution < -0.4 is 10.6 Å². The fourth-order valence-electron chi connectivity index (χ4n) is 1.73. The molecule has 0 aliphatic rings. The number of thiophene rings is 1. The van der Waals surface area contributed by atoms with Crippen LogP contribution in [-0.4, -0.2) is 49.1 Å². The molecule has 0 saturated carbocycles. The van der Waals surface area contributed by atoms with E-state index >= 15 is 0 Å². The lowest BCUT2D eigenvalue weighted by molar-refractivity contribution is -0.129. The van der Waals surface area contributed by atoms with Crippen LogP contribution in [0.15, 0.2) is 37.4 Å². The van der Waals surface area contributed by atoms with Gasteiger partial charge in [-0.3, -0.25) is 9.59 Å². The van der Waals surface area contributed by atoms with Crippen molar-refractivity contribution >= 4 is 35.1 Å². The molecule has 0 radical (unpaired) electrons. The van der Waals surface area contributed by atoms with Gasteiger partial charge in [-0.1, -0.05) is 12.2 Å². The lowest BCUT2D eigenvalue weighted by Gasteiger charge is -2.12. The fraction of sp³-hybridized carbons (Fsp3) is 0.333. The predicted molar refractivity (Wildman–Crippen MR) is 100 cm³/mol. The highest BCUT2D eigenvalue weighted by Gasteiger charge is 2.23. The first kappa shape index (κ1) is 22.1. The van der Waals surface area contributed by atoms with Gasteiger partial charge in [-0.25, -0.2) is 9.59 Å². The smallest absolute Gasteiger partial charge is 0.349 e. The summed E-state index contributed by atoms with van der Waals surface area (Å²) in [6, 6.07) is 2.78. The van der Waals surface area contributed by atoms with Crippen LogP contribution in [0.3, 0.4) is 0 Å². The van der Waals surface area contributed by atoms with Gasteiger partial charge in [-0.15, -0.1) is 24.5 Å². The molecule has 0 spiro atoms. The molecular formula is C18H22N2O6S. The number of amides is 2. The molecule has 0 unspecified atom stereocenters. The highest BCUT2D eigenvalue weighted by molar-refractivity contribution is 7.15. The molecule has 1 rings (SSSR count). The van der Waals surface area contributed by atoms with Crippen molar-refractivity contribution in [3.8, 4) is 0 Å². The molecule has 0 aliphatic carbocycles. The number of carbonyl (C=O) groups excluding carboxylic acids is 4. The zero-order valence-corrected chi connectivity index (χ0v) is 16.0. The summed E-state index contributed by atoms with van der Waals surface area (Å²) in [5, 5.41) is 5.02. The largest absolute Gasteiger partial charge is 0.448 e. The van der Waals surface area contributed by atoms with Crippen molar-refractivity contribution in [3.05, 3.63) is 47.2 Å². The van der Waals surface area contributed by atoms with E-state index in [-0.39, 0.29) is 22.8 Å². The van der Waals surface area contributed by atoms with Crippen LogP contribution in [0, 0.1) is 0 Å². The second-order valence-corrected chi connectivity index (χ2v) is 6.41. The third kappa shape index (κ3) is 7.06. The molecule has 0 aliphatic heterocycles. The number of nitrogens with one attached hydrogen (secondary N) is 2. The molecule has 2 atom stereocenters. The van der Waals surface area contributed by atoms with E-state index in [1.807, 2.05) is 0 Å². The second kappa shape index (κ2) is 10.9. The van der Waals surface area contributed by atoms with Crippen LogP contribution >= 0.6 is 11.3 Å². The van der Waals surface area contributed by atoms with Gasteiger partial charge in [-0.2, -0.15) is 0 Å². The Bertz CT molecular complexity index is 669. The van der Waals surface area contributed by atoms with Crippen LogP contribution in [0.1, 0.15) is 33.2 Å². The molecule has 0 aromatic carbocycles. The van der Waals surface area contributed by atoms with Gasteiger partial charge in [0, 0.05) is 13.1 Å². The Kier molecular flexibility index (Phi) is 8.94. The molecule has 1 aromatic heterocycles. The Morgan fingerprint density at radius 2 is 1.30 bits per heavy atom. The summed E-state index contributed by atoms with van der Waals surface area (Å²) in [6.45, 7) is 10.3. The van der Waals surface area contributed by atoms with Crippen molar-refractivity contribution in [2.75, 3.05) is 13.1 Å². The molecule has 8 nitrogen and oxygen atoms in total. The summed E-state index contributed by atoms with van der Waals surface area (Å²) >= 11 is 0.847. The Morgan fingerprint density at radius 3 is 1.63 bits per heavy atom. The maximum absolute atomic E-state index is 12.1. The van der Waals surface area contributed by atoms with Crippen molar-refractivity contribution in [2.45, 2.75) is 26.1 Å². The highest BCUT2D eigenvalue weighted by Crippen LogP contribution is 2.19. The predicted octanol–water partition coefficient (Wildman–Crippen LogP) is 1.44. The number of rotatable bonds is 10. The third-order valence-corrected chi connectivity index (χ3v) is 4.20. The average molecular weight is 394 g/mol. The lowest BCUT2D eigenvalue weighted by Crippen LogP contribution is -2.35. The van der Waals surface area contributed by atoms with E-state index in [9.17, 15) is 19.2 Å². The molecular weight excluding hydrogens is 372 g/mol. The number of hydrogen-bond acceptors (Lipinski definition) is 7. The molecule has 9 heteroatoms. The zero-order valence-electron chi connectivity index (χ0n) is 15.2. The van der Waals surface area contributed by atoms with Gasteiger partial charge in [0.2, 0.25) is 0 Å². The average Bonchev–Trinajstić information content (AvgIpc) is 3.14. The maximum Gasteiger partial charge on any atom is 0.349 e. The lowest BCUT2D eigenvalue weighted by atomic mass is 10.3. The van der Waals surface area contributed by atoms with E-state index in [1.165, 1.54) is 38.1 Å². The minimum atomic E-state index is -0.997. The van der Waals surface area contributed by atoms with Gasteiger partial charge >= 0.3 is 11.9 Å². The van der Waals surface area contributed by atoms with Gasteiger partial charge in [0.25, 0.3) is 11.8 Å².